The summed E-state index contributed by atoms with van der Waals surface area (Å²) in [4.78, 5) is 14.5. The standard InChI is InChI=1S/C21H25FN2O5S2/c1-24(14-15-3-5-16(22)6-4-15)21(25)18(9-12-30-2)23-31(26,27)17-7-8-19-20(13-17)29-11-10-28-19/h3-8,13,18,23H,9-12,14H2,1-2H3/t18-/m1/s1. The van der Waals surface area contributed by atoms with Crippen LogP contribution in [0.3, 0.4) is 0 Å². The largest absolute Gasteiger partial charge is 0.486 e. The fourth-order valence-electron chi connectivity index (χ4n) is 3.12. The van der Waals surface area contributed by atoms with Gasteiger partial charge in [0.05, 0.1) is 4.90 Å². The summed E-state index contributed by atoms with van der Waals surface area (Å²) in [6, 6.07) is 9.26. The second kappa shape index (κ2) is 10.3. The molecule has 0 aliphatic carbocycles. The van der Waals surface area contributed by atoms with Gasteiger partial charge >= 0.3 is 0 Å². The molecule has 0 saturated heterocycles. The third-order valence-electron chi connectivity index (χ3n) is 4.74. The van der Waals surface area contributed by atoms with Gasteiger partial charge in [-0.3, -0.25) is 4.79 Å². The van der Waals surface area contributed by atoms with E-state index < -0.39 is 16.1 Å². The molecule has 1 aliphatic rings. The van der Waals surface area contributed by atoms with E-state index in [4.69, 9.17) is 9.47 Å². The van der Waals surface area contributed by atoms with Crippen LogP contribution in [0.4, 0.5) is 4.39 Å². The summed E-state index contributed by atoms with van der Waals surface area (Å²) in [6.45, 7) is 0.983. The molecular weight excluding hydrogens is 443 g/mol. The van der Waals surface area contributed by atoms with Crippen LogP contribution in [0.1, 0.15) is 12.0 Å². The first-order valence-corrected chi connectivity index (χ1v) is 12.6. The topological polar surface area (TPSA) is 84.9 Å². The molecule has 0 fully saturated rings. The van der Waals surface area contributed by atoms with Crippen molar-refractivity contribution < 1.29 is 27.1 Å². The summed E-state index contributed by atoms with van der Waals surface area (Å²) < 4.78 is 52.5. The van der Waals surface area contributed by atoms with Gasteiger partial charge in [0.25, 0.3) is 0 Å². The van der Waals surface area contributed by atoms with Crippen LogP contribution in [0.2, 0.25) is 0 Å². The lowest BCUT2D eigenvalue weighted by Crippen LogP contribution is -2.47. The Labute approximate surface area is 186 Å². The Hall–Kier alpha value is -2.30. The third-order valence-corrected chi connectivity index (χ3v) is 6.85. The van der Waals surface area contributed by atoms with E-state index in [1.807, 2.05) is 6.26 Å². The van der Waals surface area contributed by atoms with Crippen molar-refractivity contribution in [1.29, 1.82) is 0 Å². The smallest absolute Gasteiger partial charge is 0.241 e. The molecule has 2 aromatic rings. The highest BCUT2D eigenvalue weighted by Crippen LogP contribution is 2.32. The SMILES string of the molecule is CSCC[C@@H](NS(=O)(=O)c1ccc2c(c1)OCCO2)C(=O)N(C)Cc1ccc(F)cc1. The number of rotatable bonds is 9. The quantitative estimate of drug-likeness (QED) is 0.609. The lowest BCUT2D eigenvalue weighted by Gasteiger charge is -2.25. The summed E-state index contributed by atoms with van der Waals surface area (Å²) in [5.41, 5.74) is 0.746. The maximum atomic E-state index is 13.1. The van der Waals surface area contributed by atoms with Crippen molar-refractivity contribution in [1.82, 2.24) is 9.62 Å². The number of amides is 1. The number of likely N-dealkylation sites (N-methyl/N-ethyl adjacent to an activating group) is 1. The van der Waals surface area contributed by atoms with Crippen LogP contribution in [-0.4, -0.2) is 57.5 Å². The Balaban J connectivity index is 1.76. The third kappa shape index (κ3) is 6.11. The van der Waals surface area contributed by atoms with E-state index in [0.29, 0.717) is 36.9 Å². The van der Waals surface area contributed by atoms with E-state index >= 15 is 0 Å². The number of carbonyl (C=O) groups excluding carboxylic acids is 1. The molecule has 1 atom stereocenters. The molecule has 2 aromatic carbocycles. The van der Waals surface area contributed by atoms with Gasteiger partial charge in [0, 0.05) is 19.7 Å². The van der Waals surface area contributed by atoms with Crippen molar-refractivity contribution in [2.45, 2.75) is 23.9 Å². The lowest BCUT2D eigenvalue weighted by molar-refractivity contribution is -0.132. The molecule has 0 saturated carbocycles. The van der Waals surface area contributed by atoms with Gasteiger partial charge in [-0.05, 0) is 48.3 Å². The maximum absolute atomic E-state index is 13.1. The molecule has 7 nitrogen and oxygen atoms in total. The average Bonchev–Trinajstić information content (AvgIpc) is 2.77. The van der Waals surface area contributed by atoms with Gasteiger partial charge in [-0.1, -0.05) is 12.1 Å². The van der Waals surface area contributed by atoms with Crippen LogP contribution in [-0.2, 0) is 21.4 Å². The van der Waals surface area contributed by atoms with Gasteiger partial charge < -0.3 is 14.4 Å². The molecular formula is C21H25FN2O5S2. The van der Waals surface area contributed by atoms with Crippen LogP contribution in [0.5, 0.6) is 11.5 Å². The Morgan fingerprint density at radius 2 is 1.84 bits per heavy atom. The number of carbonyl (C=O) groups is 1. The zero-order valence-electron chi connectivity index (χ0n) is 17.3. The normalized spacial score (nSPS) is 14.2. The molecule has 1 amide bonds. The number of benzene rings is 2. The second-order valence-electron chi connectivity index (χ2n) is 7.08. The lowest BCUT2D eigenvalue weighted by atomic mass is 10.1. The monoisotopic (exact) mass is 468 g/mol. The maximum Gasteiger partial charge on any atom is 0.241 e. The van der Waals surface area contributed by atoms with Gasteiger partial charge in [-0.25, -0.2) is 12.8 Å². The number of nitrogens with zero attached hydrogens (tertiary/aromatic N) is 1. The van der Waals surface area contributed by atoms with Crippen LogP contribution >= 0.6 is 11.8 Å². The van der Waals surface area contributed by atoms with E-state index in [9.17, 15) is 17.6 Å². The predicted molar refractivity (Wildman–Crippen MR) is 117 cm³/mol. The minimum Gasteiger partial charge on any atom is -0.486 e. The molecule has 1 N–H and O–H groups in total. The number of thioether (sulfide) groups is 1. The first kappa shape index (κ1) is 23.4. The Morgan fingerprint density at radius 1 is 1.16 bits per heavy atom. The highest BCUT2D eigenvalue weighted by Gasteiger charge is 2.28. The molecule has 0 aromatic heterocycles. The van der Waals surface area contributed by atoms with Crippen molar-refractivity contribution >= 4 is 27.7 Å². The molecule has 0 bridgehead atoms. The first-order valence-electron chi connectivity index (χ1n) is 9.70. The van der Waals surface area contributed by atoms with Crippen molar-refractivity contribution in [3.05, 3.63) is 53.8 Å². The number of halogens is 1. The van der Waals surface area contributed by atoms with Crippen molar-refractivity contribution in [3.8, 4) is 11.5 Å². The van der Waals surface area contributed by atoms with E-state index in [1.54, 1.807) is 25.2 Å². The molecule has 168 valence electrons. The number of ether oxygens (including phenoxy) is 2. The van der Waals surface area contributed by atoms with Crippen molar-refractivity contribution in [3.63, 3.8) is 0 Å². The molecule has 1 heterocycles. The second-order valence-corrected chi connectivity index (χ2v) is 9.78. The summed E-state index contributed by atoms with van der Waals surface area (Å²) >= 11 is 1.52. The van der Waals surface area contributed by atoms with E-state index in [1.165, 1.54) is 40.9 Å². The average molecular weight is 469 g/mol. The van der Waals surface area contributed by atoms with Gasteiger partial charge in [0.15, 0.2) is 11.5 Å². The Bertz CT molecular complexity index is 1010. The zero-order valence-corrected chi connectivity index (χ0v) is 19.0. The molecule has 10 heteroatoms. The van der Waals surface area contributed by atoms with Crippen molar-refractivity contribution in [2.75, 3.05) is 32.3 Å². The van der Waals surface area contributed by atoms with E-state index in [0.717, 1.165) is 5.56 Å². The van der Waals surface area contributed by atoms with Gasteiger partial charge in [0.1, 0.15) is 25.1 Å². The van der Waals surface area contributed by atoms with Crippen LogP contribution in [0.25, 0.3) is 0 Å². The molecule has 31 heavy (non-hydrogen) atoms. The van der Waals surface area contributed by atoms with E-state index in [2.05, 4.69) is 4.72 Å². The highest BCUT2D eigenvalue weighted by molar-refractivity contribution is 7.98. The fourth-order valence-corrected chi connectivity index (χ4v) is 4.83. The summed E-state index contributed by atoms with van der Waals surface area (Å²) in [5, 5.41) is 0. The number of fused-ring (bicyclic) bond motifs is 1. The van der Waals surface area contributed by atoms with Gasteiger partial charge in [-0.2, -0.15) is 16.5 Å². The predicted octanol–water partition coefficient (Wildman–Crippen LogP) is 2.66. The Kier molecular flexibility index (Phi) is 7.79. The van der Waals surface area contributed by atoms with E-state index in [-0.39, 0.29) is 23.2 Å². The number of sulfonamides is 1. The molecule has 1 aliphatic heterocycles. The molecule has 3 rings (SSSR count). The van der Waals surface area contributed by atoms with Crippen LogP contribution in [0.15, 0.2) is 47.4 Å². The first-order chi connectivity index (χ1) is 14.8. The van der Waals surface area contributed by atoms with Crippen LogP contribution < -0.4 is 14.2 Å². The molecule has 0 radical (unpaired) electrons. The molecule has 0 unspecified atom stereocenters. The number of hydrogen-bond acceptors (Lipinski definition) is 6. The Morgan fingerprint density at radius 3 is 2.52 bits per heavy atom. The van der Waals surface area contributed by atoms with Gasteiger partial charge in [-0.15, -0.1) is 0 Å². The molecule has 0 spiro atoms. The highest BCUT2D eigenvalue weighted by atomic mass is 32.2. The summed E-state index contributed by atoms with van der Waals surface area (Å²) in [6.07, 6.45) is 2.22. The summed E-state index contributed by atoms with van der Waals surface area (Å²) in [7, 11) is -2.38. The zero-order chi connectivity index (χ0) is 22.4. The number of nitrogens with one attached hydrogen (secondary N) is 1. The minimum absolute atomic E-state index is 0.000103. The van der Waals surface area contributed by atoms with Gasteiger partial charge in [0.2, 0.25) is 15.9 Å². The summed E-state index contributed by atoms with van der Waals surface area (Å²) in [5.74, 6) is 0.723. The number of hydrogen-bond donors (Lipinski definition) is 1. The van der Waals surface area contributed by atoms with Crippen molar-refractivity contribution in [2.24, 2.45) is 0 Å². The minimum atomic E-state index is -3.97. The fraction of sp³-hybridized carbons (Fsp3) is 0.381. The van der Waals surface area contributed by atoms with Crippen LogP contribution in [0, 0.1) is 5.82 Å².